The molecule has 10 heteroatoms. The first-order valence-corrected chi connectivity index (χ1v) is 12.9. The van der Waals surface area contributed by atoms with Crippen LogP contribution in [0.4, 0.5) is 24.7 Å². The Morgan fingerprint density at radius 1 is 1.02 bits per heavy atom. The molecule has 1 fully saturated rings. The minimum absolute atomic E-state index is 0.0917. The van der Waals surface area contributed by atoms with E-state index in [2.05, 4.69) is 29.1 Å². The summed E-state index contributed by atoms with van der Waals surface area (Å²) in [4.78, 5) is 38.8. The van der Waals surface area contributed by atoms with Gasteiger partial charge < -0.3 is 19.4 Å². The van der Waals surface area contributed by atoms with Gasteiger partial charge >= 0.3 is 18.1 Å². The van der Waals surface area contributed by atoms with Gasteiger partial charge in [0.2, 0.25) is 0 Å². The van der Waals surface area contributed by atoms with Gasteiger partial charge in [-0.25, -0.2) is 9.59 Å². The molecule has 0 bridgehead atoms. The van der Waals surface area contributed by atoms with Crippen molar-refractivity contribution >= 4 is 34.5 Å². The number of hydrogen-bond donors (Lipinski definition) is 1. The van der Waals surface area contributed by atoms with Crippen LogP contribution < -0.4 is 15.6 Å². The maximum Gasteiger partial charge on any atom is 0.491 e. The van der Waals surface area contributed by atoms with Crippen molar-refractivity contribution in [2.45, 2.75) is 38.4 Å². The second-order valence-electron chi connectivity index (χ2n) is 10.5. The first-order chi connectivity index (χ1) is 19.4. The van der Waals surface area contributed by atoms with Crippen LogP contribution in [0.3, 0.4) is 0 Å². The highest BCUT2D eigenvalue weighted by atomic mass is 19.4. The predicted octanol–water partition coefficient (Wildman–Crippen LogP) is 6.30. The van der Waals surface area contributed by atoms with Crippen LogP contribution in [0.15, 0.2) is 82.0 Å². The zero-order valence-electron chi connectivity index (χ0n) is 22.5. The smallest absolute Gasteiger partial charge is 0.440 e. The van der Waals surface area contributed by atoms with E-state index in [1.54, 1.807) is 19.1 Å². The molecular weight excluding hydrogens is 537 g/mol. The number of halogens is 3. The topological polar surface area (TPSA) is 88.8 Å². The third-order valence-electron chi connectivity index (χ3n) is 7.25. The summed E-state index contributed by atoms with van der Waals surface area (Å²) >= 11 is 0. The average molecular weight is 565 g/mol. The number of esters is 2. The molecule has 1 saturated heterocycles. The summed E-state index contributed by atoms with van der Waals surface area (Å²) < 4.78 is 48.3. The molecule has 0 radical (unpaired) electrons. The first-order valence-electron chi connectivity index (χ1n) is 12.9. The van der Waals surface area contributed by atoms with Gasteiger partial charge in [0, 0.05) is 35.8 Å². The molecule has 41 heavy (non-hydrogen) atoms. The van der Waals surface area contributed by atoms with Crippen molar-refractivity contribution in [2.75, 3.05) is 23.3 Å². The molecule has 7 nitrogen and oxygen atoms in total. The molecule has 5 rings (SSSR count). The van der Waals surface area contributed by atoms with Crippen molar-refractivity contribution in [1.29, 1.82) is 0 Å². The van der Waals surface area contributed by atoms with E-state index in [-0.39, 0.29) is 22.1 Å². The maximum atomic E-state index is 13.2. The summed E-state index contributed by atoms with van der Waals surface area (Å²) in [5, 5.41) is 3.48. The van der Waals surface area contributed by atoms with E-state index >= 15 is 0 Å². The number of nitrogens with one attached hydrogen (secondary N) is 1. The fraction of sp³-hybridized carbons (Fsp3) is 0.258. The number of carbonyl (C=O) groups is 2. The van der Waals surface area contributed by atoms with Crippen LogP contribution in [0, 0.1) is 6.92 Å². The molecule has 1 aromatic heterocycles. The molecule has 3 aromatic carbocycles. The first kappa shape index (κ1) is 27.9. The average Bonchev–Trinajstić information content (AvgIpc) is 2.91. The van der Waals surface area contributed by atoms with Crippen LogP contribution >= 0.6 is 0 Å². The van der Waals surface area contributed by atoms with Crippen molar-refractivity contribution in [3.8, 4) is 0 Å². The number of ether oxygens (including phenoxy) is 1. The number of aryl methyl sites for hydroxylation is 1. The number of anilines is 2. The zero-order valence-corrected chi connectivity index (χ0v) is 22.5. The van der Waals surface area contributed by atoms with Crippen LogP contribution in [-0.2, 0) is 14.9 Å². The van der Waals surface area contributed by atoms with E-state index in [0.717, 1.165) is 5.56 Å². The van der Waals surface area contributed by atoms with E-state index in [1.165, 1.54) is 29.8 Å². The minimum atomic E-state index is -5.31. The Balaban J connectivity index is 1.45. The third-order valence-corrected chi connectivity index (χ3v) is 7.25. The third kappa shape index (κ3) is 5.54. The van der Waals surface area contributed by atoms with Gasteiger partial charge in [-0.15, -0.1) is 0 Å². The fourth-order valence-electron chi connectivity index (χ4n) is 5.17. The molecule has 1 aliphatic rings. The molecule has 2 heterocycles. The number of nitrogens with zero attached hydrogens (tertiary/aromatic N) is 1. The molecule has 0 saturated carbocycles. The molecule has 4 aromatic rings. The standard InChI is InChI=1S/C31H27F3N2O5/c1-18-13-22(19(2)35-24-12-8-7-11-21(24)28(38)41-29(39)31(32,33)34)27-23(14-18)25(37)15-26(40-27)36-16-30(3,17-36)20-9-5-4-6-10-20/h4-15,19,35H,16-17H2,1-3H3. The summed E-state index contributed by atoms with van der Waals surface area (Å²) in [5.41, 5.74) is 2.56. The molecule has 1 aliphatic heterocycles. The van der Waals surface area contributed by atoms with Gasteiger partial charge in [-0.3, -0.25) is 4.79 Å². The molecule has 0 spiro atoms. The van der Waals surface area contributed by atoms with Crippen LogP contribution in [0.5, 0.6) is 0 Å². The fourth-order valence-corrected chi connectivity index (χ4v) is 5.17. The van der Waals surface area contributed by atoms with Gasteiger partial charge in [0.1, 0.15) is 5.58 Å². The van der Waals surface area contributed by atoms with E-state index in [1.807, 2.05) is 36.1 Å². The maximum absolute atomic E-state index is 13.2. The zero-order chi connectivity index (χ0) is 29.5. The number of benzene rings is 3. The van der Waals surface area contributed by atoms with Crippen LogP contribution in [-0.4, -0.2) is 31.2 Å². The number of fused-ring (bicyclic) bond motifs is 1. The molecule has 1 unspecified atom stereocenters. The van der Waals surface area contributed by atoms with E-state index in [4.69, 9.17) is 4.42 Å². The van der Waals surface area contributed by atoms with Crippen molar-refractivity contribution in [3.05, 3.63) is 105 Å². The van der Waals surface area contributed by atoms with Crippen molar-refractivity contribution in [3.63, 3.8) is 0 Å². The van der Waals surface area contributed by atoms with E-state index in [9.17, 15) is 27.6 Å². The summed E-state index contributed by atoms with van der Waals surface area (Å²) in [7, 11) is 0. The number of rotatable bonds is 6. The molecule has 0 aliphatic carbocycles. The van der Waals surface area contributed by atoms with Crippen molar-refractivity contribution in [1.82, 2.24) is 0 Å². The number of para-hydroxylation sites is 1. The number of carbonyl (C=O) groups excluding carboxylic acids is 2. The van der Waals surface area contributed by atoms with Gasteiger partial charge in [-0.1, -0.05) is 55.5 Å². The van der Waals surface area contributed by atoms with Crippen LogP contribution in [0.2, 0.25) is 0 Å². The molecular formula is C31H27F3N2O5. The summed E-state index contributed by atoms with van der Waals surface area (Å²) in [6.07, 6.45) is -5.31. The highest BCUT2D eigenvalue weighted by Gasteiger charge is 2.43. The minimum Gasteiger partial charge on any atom is -0.440 e. The normalized spacial score (nSPS) is 15.2. The lowest BCUT2D eigenvalue weighted by Crippen LogP contribution is -2.58. The Labute approximate surface area is 233 Å². The second kappa shape index (κ2) is 10.4. The van der Waals surface area contributed by atoms with Crippen LogP contribution in [0.25, 0.3) is 11.0 Å². The lowest BCUT2D eigenvalue weighted by molar-refractivity contribution is -0.193. The molecule has 1 atom stereocenters. The van der Waals surface area contributed by atoms with Crippen LogP contribution in [0.1, 0.15) is 46.9 Å². The highest BCUT2D eigenvalue weighted by molar-refractivity contribution is 6.02. The van der Waals surface area contributed by atoms with E-state index < -0.39 is 24.2 Å². The summed E-state index contributed by atoms with van der Waals surface area (Å²) in [6.45, 7) is 7.07. The predicted molar refractivity (Wildman–Crippen MR) is 148 cm³/mol. The second-order valence-corrected chi connectivity index (χ2v) is 10.5. The lowest BCUT2D eigenvalue weighted by Gasteiger charge is -2.48. The highest BCUT2D eigenvalue weighted by Crippen LogP contribution is 2.38. The largest absolute Gasteiger partial charge is 0.491 e. The van der Waals surface area contributed by atoms with Gasteiger partial charge in [-0.05, 0) is 43.2 Å². The Kier molecular flexibility index (Phi) is 7.10. The monoisotopic (exact) mass is 564 g/mol. The van der Waals surface area contributed by atoms with Gasteiger partial charge in [0.15, 0.2) is 11.3 Å². The SMILES string of the molecule is Cc1cc(C(C)Nc2ccccc2C(=O)OC(=O)C(F)(F)F)c2oc(N3CC(C)(c4ccccc4)C3)cc(=O)c2c1. The molecule has 212 valence electrons. The van der Waals surface area contributed by atoms with E-state index in [0.29, 0.717) is 35.5 Å². The Morgan fingerprint density at radius 2 is 1.68 bits per heavy atom. The molecule has 1 N–H and O–H groups in total. The van der Waals surface area contributed by atoms with Crippen molar-refractivity contribution < 1.29 is 31.9 Å². The van der Waals surface area contributed by atoms with Gasteiger partial charge in [0.05, 0.1) is 17.0 Å². The van der Waals surface area contributed by atoms with Crippen molar-refractivity contribution in [2.24, 2.45) is 0 Å². The number of alkyl halides is 3. The Morgan fingerprint density at radius 3 is 2.37 bits per heavy atom. The summed E-state index contributed by atoms with van der Waals surface area (Å²) in [5.74, 6) is -3.61. The summed E-state index contributed by atoms with van der Waals surface area (Å²) in [6, 6.07) is 20.4. The Bertz CT molecular complexity index is 1690. The lowest BCUT2D eigenvalue weighted by atomic mass is 9.75. The Hall–Kier alpha value is -4.60. The van der Waals surface area contributed by atoms with Gasteiger partial charge in [0.25, 0.3) is 0 Å². The molecule has 0 amide bonds. The van der Waals surface area contributed by atoms with Gasteiger partial charge in [-0.2, -0.15) is 13.2 Å². The quantitative estimate of drug-likeness (QED) is 0.217. The number of hydrogen-bond acceptors (Lipinski definition) is 7.